The number of carbonyl (C=O) groups excluding carboxylic acids is 2. The lowest BCUT2D eigenvalue weighted by Crippen LogP contribution is -2.17. The molecule has 0 aromatic heterocycles. The number of esters is 1. The van der Waals surface area contributed by atoms with E-state index < -0.39 is 23.5 Å². The van der Waals surface area contributed by atoms with Gasteiger partial charge in [-0.2, -0.15) is 5.10 Å². The molecule has 0 aliphatic rings. The molecule has 5 nitrogen and oxygen atoms in total. The van der Waals surface area contributed by atoms with E-state index in [-0.39, 0.29) is 16.9 Å². The second kappa shape index (κ2) is 8.68. The van der Waals surface area contributed by atoms with E-state index in [9.17, 15) is 18.4 Å². The average molecular weight is 380 g/mol. The number of benzene rings is 3. The van der Waals surface area contributed by atoms with Gasteiger partial charge in [0.15, 0.2) is 0 Å². The summed E-state index contributed by atoms with van der Waals surface area (Å²) < 4.78 is 31.5. The number of nitrogens with one attached hydrogen (secondary N) is 1. The van der Waals surface area contributed by atoms with Crippen molar-refractivity contribution in [2.75, 3.05) is 0 Å². The summed E-state index contributed by atoms with van der Waals surface area (Å²) >= 11 is 0. The summed E-state index contributed by atoms with van der Waals surface area (Å²) in [6.45, 7) is 0. The SMILES string of the molecule is O=C(NN=Cc1ccc(OC(=O)c2ccccc2F)cc1)c1ccc(F)cc1. The van der Waals surface area contributed by atoms with Crippen LogP contribution in [0.25, 0.3) is 0 Å². The van der Waals surface area contributed by atoms with Crippen molar-refractivity contribution < 1.29 is 23.1 Å². The van der Waals surface area contributed by atoms with Gasteiger partial charge in [-0.25, -0.2) is 19.0 Å². The van der Waals surface area contributed by atoms with E-state index in [4.69, 9.17) is 4.74 Å². The smallest absolute Gasteiger partial charge is 0.346 e. The minimum Gasteiger partial charge on any atom is -0.423 e. The molecule has 3 rings (SSSR count). The van der Waals surface area contributed by atoms with Gasteiger partial charge in [-0.05, 0) is 66.2 Å². The van der Waals surface area contributed by atoms with Crippen molar-refractivity contribution in [3.8, 4) is 5.75 Å². The molecule has 3 aromatic rings. The summed E-state index contributed by atoms with van der Waals surface area (Å²) in [6, 6.07) is 16.8. The topological polar surface area (TPSA) is 67.8 Å². The molecule has 0 saturated heterocycles. The van der Waals surface area contributed by atoms with Gasteiger partial charge in [0.2, 0.25) is 0 Å². The van der Waals surface area contributed by atoms with Gasteiger partial charge in [0.05, 0.1) is 11.8 Å². The van der Waals surface area contributed by atoms with Crippen molar-refractivity contribution >= 4 is 18.1 Å². The second-order valence-electron chi connectivity index (χ2n) is 5.64. The van der Waals surface area contributed by atoms with E-state index in [1.54, 1.807) is 18.2 Å². The fourth-order valence-electron chi connectivity index (χ4n) is 2.24. The van der Waals surface area contributed by atoms with Gasteiger partial charge in [0, 0.05) is 5.56 Å². The monoisotopic (exact) mass is 380 g/mol. The maximum Gasteiger partial charge on any atom is 0.346 e. The molecule has 0 fully saturated rings. The summed E-state index contributed by atoms with van der Waals surface area (Å²) in [6.07, 6.45) is 1.39. The third-order valence-corrected chi connectivity index (χ3v) is 3.67. The van der Waals surface area contributed by atoms with E-state index in [1.807, 2.05) is 0 Å². The first kappa shape index (κ1) is 18.9. The molecule has 3 aromatic carbocycles. The van der Waals surface area contributed by atoms with Crippen LogP contribution in [0, 0.1) is 11.6 Å². The first-order valence-corrected chi connectivity index (χ1v) is 8.19. The fraction of sp³-hybridized carbons (Fsp3) is 0. The summed E-state index contributed by atoms with van der Waals surface area (Å²) in [5.74, 6) is -2.14. The number of hydrazone groups is 1. The van der Waals surface area contributed by atoms with Crippen molar-refractivity contribution in [1.29, 1.82) is 0 Å². The highest BCUT2D eigenvalue weighted by molar-refractivity contribution is 5.95. The van der Waals surface area contributed by atoms with Gasteiger partial charge < -0.3 is 4.74 Å². The van der Waals surface area contributed by atoms with E-state index in [2.05, 4.69) is 10.5 Å². The van der Waals surface area contributed by atoms with Gasteiger partial charge >= 0.3 is 5.97 Å². The van der Waals surface area contributed by atoms with Crippen LogP contribution in [0.5, 0.6) is 5.75 Å². The molecule has 0 radical (unpaired) electrons. The van der Waals surface area contributed by atoms with Gasteiger partial charge in [-0.1, -0.05) is 12.1 Å². The minimum absolute atomic E-state index is 0.156. The molecule has 1 N–H and O–H groups in total. The lowest BCUT2D eigenvalue weighted by Gasteiger charge is -2.05. The number of halogens is 2. The number of nitrogens with zero attached hydrogens (tertiary/aromatic N) is 1. The third-order valence-electron chi connectivity index (χ3n) is 3.67. The number of hydrogen-bond donors (Lipinski definition) is 1. The standard InChI is InChI=1S/C21H14F2N2O3/c22-16-9-7-15(8-10-16)20(26)25-24-13-14-5-11-17(12-6-14)28-21(27)18-3-1-2-4-19(18)23/h1-13H,(H,25,26). The summed E-state index contributed by atoms with van der Waals surface area (Å²) in [4.78, 5) is 23.8. The van der Waals surface area contributed by atoms with Crippen LogP contribution in [-0.4, -0.2) is 18.1 Å². The largest absolute Gasteiger partial charge is 0.423 e. The maximum atomic E-state index is 13.6. The molecule has 0 heterocycles. The van der Waals surface area contributed by atoms with Crippen molar-refractivity contribution in [2.24, 2.45) is 5.10 Å². The molecule has 0 atom stereocenters. The molecule has 0 aliphatic heterocycles. The molecule has 0 aliphatic carbocycles. The Kier molecular flexibility index (Phi) is 5.86. The molecule has 1 amide bonds. The Morgan fingerprint density at radius 2 is 1.57 bits per heavy atom. The van der Waals surface area contributed by atoms with E-state index in [0.29, 0.717) is 5.56 Å². The molecular formula is C21H14F2N2O3. The van der Waals surface area contributed by atoms with E-state index in [0.717, 1.165) is 0 Å². The zero-order valence-corrected chi connectivity index (χ0v) is 14.4. The Morgan fingerprint density at radius 1 is 0.893 bits per heavy atom. The lowest BCUT2D eigenvalue weighted by molar-refractivity contribution is 0.0729. The zero-order chi connectivity index (χ0) is 19.9. The first-order valence-electron chi connectivity index (χ1n) is 8.19. The maximum absolute atomic E-state index is 13.6. The quantitative estimate of drug-likeness (QED) is 0.315. The van der Waals surface area contributed by atoms with Crippen molar-refractivity contribution in [1.82, 2.24) is 5.43 Å². The predicted octanol–water partition coefficient (Wildman–Crippen LogP) is 3.95. The Balaban J connectivity index is 1.57. The van der Waals surface area contributed by atoms with Crippen LogP contribution >= 0.6 is 0 Å². The average Bonchev–Trinajstić information content (AvgIpc) is 2.70. The summed E-state index contributed by atoms with van der Waals surface area (Å²) in [7, 11) is 0. The van der Waals surface area contributed by atoms with Crippen LogP contribution in [0.4, 0.5) is 8.78 Å². The predicted molar refractivity (Wildman–Crippen MR) is 99.3 cm³/mol. The Hall–Kier alpha value is -3.87. The van der Waals surface area contributed by atoms with Crippen LogP contribution in [0.2, 0.25) is 0 Å². The van der Waals surface area contributed by atoms with Crippen LogP contribution in [0.3, 0.4) is 0 Å². The normalized spacial score (nSPS) is 10.6. The molecule has 0 bridgehead atoms. The molecule has 28 heavy (non-hydrogen) atoms. The van der Waals surface area contributed by atoms with Crippen LogP contribution in [-0.2, 0) is 0 Å². The Bertz CT molecular complexity index is 1020. The van der Waals surface area contributed by atoms with E-state index >= 15 is 0 Å². The Morgan fingerprint density at radius 3 is 2.25 bits per heavy atom. The first-order chi connectivity index (χ1) is 13.5. The van der Waals surface area contributed by atoms with Gasteiger partial charge in [-0.15, -0.1) is 0 Å². The van der Waals surface area contributed by atoms with Crippen molar-refractivity contribution in [3.05, 3.63) is 101 Å². The molecule has 0 spiro atoms. The number of carbonyl (C=O) groups is 2. The van der Waals surface area contributed by atoms with Gasteiger partial charge in [-0.3, -0.25) is 4.79 Å². The van der Waals surface area contributed by atoms with Gasteiger partial charge in [0.25, 0.3) is 5.91 Å². The molecule has 7 heteroatoms. The zero-order valence-electron chi connectivity index (χ0n) is 14.4. The minimum atomic E-state index is -0.800. The number of hydrogen-bond acceptors (Lipinski definition) is 4. The van der Waals surface area contributed by atoms with Crippen LogP contribution in [0.1, 0.15) is 26.3 Å². The third kappa shape index (κ3) is 4.85. The molecule has 0 saturated carbocycles. The molecule has 140 valence electrons. The van der Waals surface area contributed by atoms with Gasteiger partial charge in [0.1, 0.15) is 17.4 Å². The second-order valence-corrected chi connectivity index (χ2v) is 5.64. The molecular weight excluding hydrogens is 366 g/mol. The highest BCUT2D eigenvalue weighted by Gasteiger charge is 2.13. The van der Waals surface area contributed by atoms with E-state index in [1.165, 1.54) is 60.8 Å². The Labute approximate surface area is 159 Å². The highest BCUT2D eigenvalue weighted by atomic mass is 19.1. The fourth-order valence-corrected chi connectivity index (χ4v) is 2.24. The van der Waals surface area contributed by atoms with Crippen molar-refractivity contribution in [2.45, 2.75) is 0 Å². The number of amides is 1. The summed E-state index contributed by atoms with van der Waals surface area (Å²) in [5, 5.41) is 3.81. The lowest BCUT2D eigenvalue weighted by atomic mass is 10.2. The number of rotatable bonds is 5. The molecule has 0 unspecified atom stereocenters. The van der Waals surface area contributed by atoms with Crippen LogP contribution in [0.15, 0.2) is 77.9 Å². The van der Waals surface area contributed by atoms with Crippen LogP contribution < -0.4 is 10.2 Å². The summed E-state index contributed by atoms with van der Waals surface area (Å²) in [5.41, 5.74) is 3.07. The van der Waals surface area contributed by atoms with Crippen molar-refractivity contribution in [3.63, 3.8) is 0 Å². The highest BCUT2D eigenvalue weighted by Crippen LogP contribution is 2.15. The number of ether oxygens (including phenoxy) is 1.